The topological polar surface area (TPSA) is 94.7 Å². The molecule has 0 aliphatic carbocycles. The summed E-state index contributed by atoms with van der Waals surface area (Å²) in [6.45, 7) is 2.35. The number of hydrogen-bond acceptors (Lipinski definition) is 5. The first-order chi connectivity index (χ1) is 10.7. The Labute approximate surface area is 125 Å². The molecule has 3 aromatic rings. The molecule has 0 aliphatic heterocycles. The SMILES string of the molecule is CCn1ncnc1NC(=O)Cn1cnc2ccccc2c1=O. The zero-order valence-electron chi connectivity index (χ0n) is 11.9. The molecule has 22 heavy (non-hydrogen) atoms. The Balaban J connectivity index is 1.82. The minimum Gasteiger partial charge on any atom is -0.293 e. The van der Waals surface area contributed by atoms with E-state index >= 15 is 0 Å². The highest BCUT2D eigenvalue weighted by Gasteiger charge is 2.11. The fourth-order valence-corrected chi connectivity index (χ4v) is 2.13. The van der Waals surface area contributed by atoms with Crippen molar-refractivity contribution < 1.29 is 4.79 Å². The molecule has 3 rings (SSSR count). The Morgan fingerprint density at radius 1 is 1.27 bits per heavy atom. The summed E-state index contributed by atoms with van der Waals surface area (Å²) in [6, 6.07) is 7.01. The van der Waals surface area contributed by atoms with Crippen LogP contribution in [-0.4, -0.2) is 30.2 Å². The van der Waals surface area contributed by atoms with Gasteiger partial charge in [0.25, 0.3) is 5.56 Å². The molecule has 0 saturated carbocycles. The maximum atomic E-state index is 12.3. The van der Waals surface area contributed by atoms with Gasteiger partial charge in [-0.2, -0.15) is 10.1 Å². The molecule has 0 bridgehead atoms. The second-order valence-electron chi connectivity index (χ2n) is 4.64. The molecule has 0 spiro atoms. The number of nitrogens with one attached hydrogen (secondary N) is 1. The van der Waals surface area contributed by atoms with Crippen molar-refractivity contribution in [2.45, 2.75) is 20.0 Å². The van der Waals surface area contributed by atoms with Crippen LogP contribution in [0.15, 0.2) is 41.7 Å². The van der Waals surface area contributed by atoms with Crippen molar-refractivity contribution in [2.75, 3.05) is 5.32 Å². The zero-order chi connectivity index (χ0) is 15.5. The van der Waals surface area contributed by atoms with Crippen LogP contribution in [0.1, 0.15) is 6.92 Å². The Kier molecular flexibility index (Phi) is 3.65. The molecular formula is C14H14N6O2. The molecule has 2 aromatic heterocycles. The summed E-state index contributed by atoms with van der Waals surface area (Å²) in [5.74, 6) is -0.00354. The number of anilines is 1. The molecule has 0 saturated heterocycles. The van der Waals surface area contributed by atoms with Crippen molar-refractivity contribution >= 4 is 22.8 Å². The third kappa shape index (κ3) is 2.58. The van der Waals surface area contributed by atoms with Crippen LogP contribution in [-0.2, 0) is 17.9 Å². The average molecular weight is 298 g/mol. The third-order valence-corrected chi connectivity index (χ3v) is 3.21. The van der Waals surface area contributed by atoms with Crippen LogP contribution in [0.3, 0.4) is 0 Å². The van der Waals surface area contributed by atoms with Crippen molar-refractivity contribution in [1.29, 1.82) is 0 Å². The second kappa shape index (κ2) is 5.76. The van der Waals surface area contributed by atoms with E-state index in [1.807, 2.05) is 13.0 Å². The van der Waals surface area contributed by atoms with Gasteiger partial charge in [-0.05, 0) is 19.1 Å². The predicted octanol–water partition coefficient (Wildman–Crippen LogP) is 0.647. The molecule has 0 atom stereocenters. The van der Waals surface area contributed by atoms with Crippen LogP contribution < -0.4 is 10.9 Å². The molecule has 0 fully saturated rings. The van der Waals surface area contributed by atoms with Gasteiger partial charge >= 0.3 is 0 Å². The van der Waals surface area contributed by atoms with Gasteiger partial charge < -0.3 is 0 Å². The molecule has 1 aromatic carbocycles. The third-order valence-electron chi connectivity index (χ3n) is 3.21. The molecule has 0 unspecified atom stereocenters. The van der Waals surface area contributed by atoms with E-state index in [-0.39, 0.29) is 18.0 Å². The smallest absolute Gasteiger partial charge is 0.261 e. The summed E-state index contributed by atoms with van der Waals surface area (Å²) < 4.78 is 2.82. The number of benzene rings is 1. The lowest BCUT2D eigenvalue weighted by atomic mass is 10.2. The van der Waals surface area contributed by atoms with Gasteiger partial charge in [-0.1, -0.05) is 12.1 Å². The Hall–Kier alpha value is -3.03. The van der Waals surface area contributed by atoms with Crippen LogP contribution in [0.2, 0.25) is 0 Å². The summed E-state index contributed by atoms with van der Waals surface area (Å²) >= 11 is 0. The highest BCUT2D eigenvalue weighted by molar-refractivity contribution is 5.89. The molecule has 0 radical (unpaired) electrons. The Morgan fingerprint density at radius 3 is 2.91 bits per heavy atom. The van der Waals surface area contributed by atoms with Crippen LogP contribution in [0.25, 0.3) is 10.9 Å². The van der Waals surface area contributed by atoms with Crippen molar-refractivity contribution in [3.05, 3.63) is 47.3 Å². The molecule has 0 aliphatic rings. The first-order valence-corrected chi connectivity index (χ1v) is 6.81. The van der Waals surface area contributed by atoms with E-state index < -0.39 is 0 Å². The maximum Gasteiger partial charge on any atom is 0.261 e. The normalized spacial score (nSPS) is 10.8. The summed E-state index contributed by atoms with van der Waals surface area (Å²) in [7, 11) is 0. The van der Waals surface area contributed by atoms with Crippen molar-refractivity contribution in [3.8, 4) is 0 Å². The van der Waals surface area contributed by atoms with E-state index in [4.69, 9.17) is 0 Å². The van der Waals surface area contributed by atoms with E-state index in [2.05, 4.69) is 20.4 Å². The van der Waals surface area contributed by atoms with Gasteiger partial charge in [0.15, 0.2) is 0 Å². The predicted molar refractivity (Wildman–Crippen MR) is 80.3 cm³/mol. The van der Waals surface area contributed by atoms with Gasteiger partial charge in [0, 0.05) is 6.54 Å². The maximum absolute atomic E-state index is 12.3. The Morgan fingerprint density at radius 2 is 2.09 bits per heavy atom. The highest BCUT2D eigenvalue weighted by atomic mass is 16.2. The first-order valence-electron chi connectivity index (χ1n) is 6.81. The standard InChI is InChI=1S/C14H14N6O2/c1-2-20-14(15-8-17-20)18-12(21)7-19-9-16-11-6-4-3-5-10(11)13(19)22/h3-6,8-9H,2,7H2,1H3,(H,15,17,18,21). The number of carbonyl (C=O) groups is 1. The number of hydrogen-bond donors (Lipinski definition) is 1. The summed E-state index contributed by atoms with van der Waals surface area (Å²) in [5, 5.41) is 7.07. The van der Waals surface area contributed by atoms with E-state index in [1.165, 1.54) is 17.2 Å². The van der Waals surface area contributed by atoms with Crippen LogP contribution in [0.5, 0.6) is 0 Å². The number of rotatable bonds is 4. The van der Waals surface area contributed by atoms with Gasteiger partial charge in [-0.15, -0.1) is 0 Å². The van der Waals surface area contributed by atoms with E-state index in [9.17, 15) is 9.59 Å². The summed E-state index contributed by atoms with van der Waals surface area (Å²) in [5.41, 5.74) is 0.354. The molecular weight excluding hydrogens is 284 g/mol. The van der Waals surface area contributed by atoms with Crippen LogP contribution in [0, 0.1) is 0 Å². The number of nitrogens with zero attached hydrogens (tertiary/aromatic N) is 5. The summed E-state index contributed by atoms with van der Waals surface area (Å²) in [4.78, 5) is 32.5. The molecule has 1 amide bonds. The number of fused-ring (bicyclic) bond motifs is 1. The largest absolute Gasteiger partial charge is 0.293 e. The molecule has 1 N–H and O–H groups in total. The van der Waals surface area contributed by atoms with E-state index in [0.717, 1.165) is 0 Å². The molecule has 8 heteroatoms. The van der Waals surface area contributed by atoms with E-state index in [0.29, 0.717) is 23.4 Å². The van der Waals surface area contributed by atoms with Crippen molar-refractivity contribution in [3.63, 3.8) is 0 Å². The fraction of sp³-hybridized carbons (Fsp3) is 0.214. The first kappa shape index (κ1) is 13.9. The van der Waals surface area contributed by atoms with Crippen molar-refractivity contribution in [2.24, 2.45) is 0 Å². The number of aryl methyl sites for hydroxylation is 1. The quantitative estimate of drug-likeness (QED) is 0.763. The molecule has 112 valence electrons. The van der Waals surface area contributed by atoms with Gasteiger partial charge in [-0.25, -0.2) is 9.67 Å². The number of amides is 1. The van der Waals surface area contributed by atoms with Gasteiger partial charge in [0.1, 0.15) is 12.9 Å². The van der Waals surface area contributed by atoms with Crippen LogP contribution in [0.4, 0.5) is 5.95 Å². The number of para-hydroxylation sites is 1. The Bertz CT molecular complexity index is 882. The average Bonchev–Trinajstić information content (AvgIpc) is 2.97. The molecule has 2 heterocycles. The van der Waals surface area contributed by atoms with Crippen LogP contribution >= 0.6 is 0 Å². The number of carbonyl (C=O) groups excluding carboxylic acids is 1. The van der Waals surface area contributed by atoms with E-state index in [1.54, 1.807) is 22.9 Å². The minimum absolute atomic E-state index is 0.132. The number of aromatic nitrogens is 5. The zero-order valence-corrected chi connectivity index (χ0v) is 11.9. The van der Waals surface area contributed by atoms with Gasteiger partial charge in [0.2, 0.25) is 11.9 Å². The van der Waals surface area contributed by atoms with Gasteiger partial charge in [0.05, 0.1) is 17.2 Å². The van der Waals surface area contributed by atoms with Gasteiger partial charge in [-0.3, -0.25) is 19.5 Å². The fourth-order valence-electron chi connectivity index (χ4n) is 2.13. The highest BCUT2D eigenvalue weighted by Crippen LogP contribution is 2.05. The summed E-state index contributed by atoms with van der Waals surface area (Å²) in [6.07, 6.45) is 2.73. The second-order valence-corrected chi connectivity index (χ2v) is 4.64. The lowest BCUT2D eigenvalue weighted by Crippen LogP contribution is -2.28. The minimum atomic E-state index is -0.359. The molecule has 8 nitrogen and oxygen atoms in total. The van der Waals surface area contributed by atoms with Crippen molar-refractivity contribution in [1.82, 2.24) is 24.3 Å². The monoisotopic (exact) mass is 298 g/mol. The lowest BCUT2D eigenvalue weighted by molar-refractivity contribution is -0.116. The lowest BCUT2D eigenvalue weighted by Gasteiger charge is -2.07.